The quantitative estimate of drug-likeness (QED) is 0.295. The van der Waals surface area contributed by atoms with E-state index in [4.69, 9.17) is 32.9 Å². The summed E-state index contributed by atoms with van der Waals surface area (Å²) in [6, 6.07) is 22.8. The molecule has 1 N–H and O–H groups in total. The molecule has 0 saturated heterocycles. The van der Waals surface area contributed by atoms with Gasteiger partial charge in [0.25, 0.3) is 0 Å². The molecule has 0 unspecified atom stereocenters. The summed E-state index contributed by atoms with van der Waals surface area (Å²) in [4.78, 5) is 17.0. The third-order valence-electron chi connectivity index (χ3n) is 5.31. The Bertz CT molecular complexity index is 1200. The van der Waals surface area contributed by atoms with Crippen molar-refractivity contribution < 1.29 is 9.53 Å². The molecule has 0 bridgehead atoms. The zero-order valence-corrected chi connectivity index (χ0v) is 19.6. The van der Waals surface area contributed by atoms with Gasteiger partial charge in [-0.05, 0) is 60.5 Å². The van der Waals surface area contributed by atoms with Crippen LogP contribution in [0.1, 0.15) is 17.8 Å². The lowest BCUT2D eigenvalue weighted by Crippen LogP contribution is -2.26. The van der Waals surface area contributed by atoms with Gasteiger partial charge in [-0.1, -0.05) is 47.5 Å². The molecular weight excluding hydrogens is 457 g/mol. The molecule has 0 fully saturated rings. The Morgan fingerprint density at radius 2 is 1.64 bits per heavy atom. The lowest BCUT2D eigenvalue weighted by atomic mass is 10.1. The van der Waals surface area contributed by atoms with Crippen LogP contribution in [-0.4, -0.2) is 28.6 Å². The Morgan fingerprint density at radius 1 is 0.939 bits per heavy atom. The summed E-state index contributed by atoms with van der Waals surface area (Å²) in [6.07, 6.45) is 1.91. The Balaban J connectivity index is 1.31. The zero-order valence-electron chi connectivity index (χ0n) is 18.1. The van der Waals surface area contributed by atoms with Crippen LogP contribution >= 0.6 is 23.2 Å². The lowest BCUT2D eigenvalue weighted by Gasteiger charge is -2.11. The van der Waals surface area contributed by atoms with Gasteiger partial charge < -0.3 is 14.6 Å². The first-order chi connectivity index (χ1) is 16.1. The molecule has 3 aromatic carbocycles. The maximum Gasteiger partial charge on any atom is 0.224 e. The highest BCUT2D eigenvalue weighted by Crippen LogP contribution is 2.19. The van der Waals surface area contributed by atoms with E-state index in [1.807, 2.05) is 54.6 Å². The molecule has 4 aromatic rings. The number of aryl methyl sites for hydroxylation is 1. The number of rotatable bonds is 10. The molecule has 1 heterocycles. The van der Waals surface area contributed by atoms with Crippen LogP contribution < -0.4 is 10.1 Å². The first-order valence-electron chi connectivity index (χ1n) is 10.9. The highest BCUT2D eigenvalue weighted by molar-refractivity contribution is 6.30. The predicted octanol–water partition coefficient (Wildman–Crippen LogP) is 5.71. The van der Waals surface area contributed by atoms with Crippen molar-refractivity contribution in [1.29, 1.82) is 0 Å². The van der Waals surface area contributed by atoms with Gasteiger partial charge in [0.15, 0.2) is 0 Å². The number of benzene rings is 3. The first-order valence-corrected chi connectivity index (χ1v) is 11.7. The molecule has 170 valence electrons. The van der Waals surface area contributed by atoms with Crippen molar-refractivity contribution >= 4 is 40.1 Å². The van der Waals surface area contributed by atoms with E-state index in [0.717, 1.165) is 41.0 Å². The van der Waals surface area contributed by atoms with Gasteiger partial charge in [-0.3, -0.25) is 4.79 Å². The largest absolute Gasteiger partial charge is 0.492 e. The minimum absolute atomic E-state index is 0.00203. The number of nitrogens with zero attached hydrogens (tertiary/aromatic N) is 2. The number of aromatic nitrogens is 2. The standard InChI is InChI=1S/C26H25Cl2N3O2/c27-20-9-7-19(8-10-20)18-26(32)29-15-3-6-25-30-23-4-1-2-5-24(23)31(25)16-17-33-22-13-11-21(28)12-14-22/h1-2,4-5,7-14H,3,6,15-18H2,(H,29,32). The Labute approximate surface area is 203 Å². The number of imidazole rings is 1. The minimum atomic E-state index is 0.00203. The van der Waals surface area contributed by atoms with E-state index < -0.39 is 0 Å². The maximum atomic E-state index is 12.2. The molecule has 0 spiro atoms. The Kier molecular flexibility index (Phi) is 7.87. The first kappa shape index (κ1) is 23.1. The number of amides is 1. The summed E-state index contributed by atoms with van der Waals surface area (Å²) < 4.78 is 8.08. The number of carbonyl (C=O) groups excluding carboxylic acids is 1. The molecule has 33 heavy (non-hydrogen) atoms. The fraction of sp³-hybridized carbons (Fsp3) is 0.231. The monoisotopic (exact) mass is 481 g/mol. The SMILES string of the molecule is O=C(Cc1ccc(Cl)cc1)NCCCc1nc2ccccc2n1CCOc1ccc(Cl)cc1. The van der Waals surface area contributed by atoms with Gasteiger partial charge in [-0.2, -0.15) is 0 Å². The molecule has 5 nitrogen and oxygen atoms in total. The average molecular weight is 482 g/mol. The van der Waals surface area contributed by atoms with Crippen molar-refractivity contribution in [1.82, 2.24) is 14.9 Å². The minimum Gasteiger partial charge on any atom is -0.492 e. The number of para-hydroxylation sites is 2. The fourth-order valence-corrected chi connectivity index (χ4v) is 3.93. The predicted molar refractivity (Wildman–Crippen MR) is 133 cm³/mol. The topological polar surface area (TPSA) is 56.2 Å². The molecule has 0 aliphatic heterocycles. The summed E-state index contributed by atoms with van der Waals surface area (Å²) in [5.41, 5.74) is 2.99. The van der Waals surface area contributed by atoms with Crippen molar-refractivity contribution in [2.75, 3.05) is 13.2 Å². The maximum absolute atomic E-state index is 12.2. The summed E-state index contributed by atoms with van der Waals surface area (Å²) >= 11 is 11.8. The third kappa shape index (κ3) is 6.50. The number of carbonyl (C=O) groups is 1. The molecule has 0 atom stereocenters. The second-order valence-corrected chi connectivity index (χ2v) is 8.60. The summed E-state index contributed by atoms with van der Waals surface area (Å²) in [6.45, 7) is 1.80. The number of hydrogen-bond donors (Lipinski definition) is 1. The Hall–Kier alpha value is -3.02. The number of ether oxygens (including phenoxy) is 1. The molecule has 0 aliphatic rings. The fourth-order valence-electron chi connectivity index (χ4n) is 3.68. The summed E-state index contributed by atoms with van der Waals surface area (Å²) in [5, 5.41) is 4.35. The van der Waals surface area contributed by atoms with Crippen LogP contribution in [0.3, 0.4) is 0 Å². The van der Waals surface area contributed by atoms with E-state index >= 15 is 0 Å². The van der Waals surface area contributed by atoms with Crippen LogP contribution in [0.5, 0.6) is 5.75 Å². The molecule has 0 saturated carbocycles. The van der Waals surface area contributed by atoms with E-state index in [0.29, 0.717) is 36.2 Å². The van der Waals surface area contributed by atoms with Crippen LogP contribution in [-0.2, 0) is 24.2 Å². The summed E-state index contributed by atoms with van der Waals surface area (Å²) in [5.74, 6) is 1.78. The molecular formula is C26H25Cl2N3O2. The van der Waals surface area contributed by atoms with E-state index in [1.54, 1.807) is 12.1 Å². The number of fused-ring (bicyclic) bond motifs is 1. The molecule has 4 rings (SSSR count). The van der Waals surface area contributed by atoms with Gasteiger partial charge in [0, 0.05) is 23.0 Å². The third-order valence-corrected chi connectivity index (χ3v) is 5.81. The van der Waals surface area contributed by atoms with Gasteiger partial charge in [-0.25, -0.2) is 4.98 Å². The van der Waals surface area contributed by atoms with E-state index in [2.05, 4.69) is 16.0 Å². The van der Waals surface area contributed by atoms with Gasteiger partial charge in [0.1, 0.15) is 18.2 Å². The molecule has 1 amide bonds. The van der Waals surface area contributed by atoms with Crippen LogP contribution in [0.2, 0.25) is 10.0 Å². The van der Waals surface area contributed by atoms with Gasteiger partial charge in [-0.15, -0.1) is 0 Å². The zero-order chi connectivity index (χ0) is 23.0. The molecule has 0 aliphatic carbocycles. The number of nitrogens with one attached hydrogen (secondary N) is 1. The molecule has 0 radical (unpaired) electrons. The van der Waals surface area contributed by atoms with E-state index in [-0.39, 0.29) is 5.91 Å². The van der Waals surface area contributed by atoms with Gasteiger partial charge in [0.2, 0.25) is 5.91 Å². The second-order valence-electron chi connectivity index (χ2n) is 7.73. The molecule has 7 heteroatoms. The highest BCUT2D eigenvalue weighted by atomic mass is 35.5. The Morgan fingerprint density at radius 3 is 2.39 bits per heavy atom. The number of hydrogen-bond acceptors (Lipinski definition) is 3. The van der Waals surface area contributed by atoms with Crippen LogP contribution in [0, 0.1) is 0 Å². The van der Waals surface area contributed by atoms with Crippen LogP contribution in [0.15, 0.2) is 72.8 Å². The van der Waals surface area contributed by atoms with Crippen molar-refractivity contribution in [2.45, 2.75) is 25.8 Å². The molecule has 1 aromatic heterocycles. The van der Waals surface area contributed by atoms with Crippen molar-refractivity contribution in [2.24, 2.45) is 0 Å². The highest BCUT2D eigenvalue weighted by Gasteiger charge is 2.11. The van der Waals surface area contributed by atoms with Crippen molar-refractivity contribution in [3.63, 3.8) is 0 Å². The van der Waals surface area contributed by atoms with E-state index in [1.165, 1.54) is 0 Å². The lowest BCUT2D eigenvalue weighted by molar-refractivity contribution is -0.120. The van der Waals surface area contributed by atoms with E-state index in [9.17, 15) is 4.79 Å². The number of halogens is 2. The van der Waals surface area contributed by atoms with Crippen LogP contribution in [0.4, 0.5) is 0 Å². The normalized spacial score (nSPS) is 11.0. The smallest absolute Gasteiger partial charge is 0.224 e. The van der Waals surface area contributed by atoms with Crippen molar-refractivity contribution in [3.05, 3.63) is 94.2 Å². The van der Waals surface area contributed by atoms with Crippen molar-refractivity contribution in [3.8, 4) is 5.75 Å². The summed E-state index contributed by atoms with van der Waals surface area (Å²) in [7, 11) is 0. The van der Waals surface area contributed by atoms with Gasteiger partial charge >= 0.3 is 0 Å². The van der Waals surface area contributed by atoms with Gasteiger partial charge in [0.05, 0.1) is 24.0 Å². The second kappa shape index (κ2) is 11.2. The van der Waals surface area contributed by atoms with Crippen LogP contribution in [0.25, 0.3) is 11.0 Å². The average Bonchev–Trinajstić information content (AvgIpc) is 3.17.